The molecule has 1 fully saturated rings. The van der Waals surface area contributed by atoms with Gasteiger partial charge < -0.3 is 15.8 Å². The van der Waals surface area contributed by atoms with Crippen molar-refractivity contribution in [2.75, 3.05) is 26.8 Å². The molecule has 1 atom stereocenters. The first kappa shape index (κ1) is 6.99. The summed E-state index contributed by atoms with van der Waals surface area (Å²) in [4.78, 5) is 0. The minimum atomic E-state index is -0.0885. The van der Waals surface area contributed by atoms with Crippen LogP contribution in [-0.2, 0) is 4.74 Å². The topological polar surface area (TPSA) is 47.3 Å². The van der Waals surface area contributed by atoms with E-state index in [1.54, 1.807) is 7.11 Å². The maximum absolute atomic E-state index is 5.88. The van der Waals surface area contributed by atoms with Crippen LogP contribution in [0.3, 0.4) is 0 Å². The van der Waals surface area contributed by atoms with Crippen molar-refractivity contribution in [3.05, 3.63) is 0 Å². The second-order valence-electron chi connectivity index (χ2n) is 2.72. The smallest absolute Gasteiger partial charge is 0.0655 e. The number of nitrogens with one attached hydrogen (secondary N) is 1. The van der Waals surface area contributed by atoms with E-state index in [2.05, 4.69) is 5.32 Å². The number of hydrogen-bond donors (Lipinski definition) is 2. The van der Waals surface area contributed by atoms with Gasteiger partial charge in [-0.05, 0) is 13.0 Å². The molecule has 0 aromatic heterocycles. The standard InChI is InChI=1S/C6H14N2O/c1-9-5-6(7)2-3-8-4-6/h8H,2-5,7H2,1H3. The van der Waals surface area contributed by atoms with Crippen LogP contribution >= 0.6 is 0 Å². The highest BCUT2D eigenvalue weighted by molar-refractivity contribution is 4.92. The second kappa shape index (κ2) is 2.64. The first-order valence-corrected chi connectivity index (χ1v) is 3.25. The summed E-state index contributed by atoms with van der Waals surface area (Å²) in [5, 5.41) is 3.19. The van der Waals surface area contributed by atoms with E-state index in [0.717, 1.165) is 19.5 Å². The summed E-state index contributed by atoms with van der Waals surface area (Å²) in [7, 11) is 1.69. The molecule has 0 spiro atoms. The highest BCUT2D eigenvalue weighted by Gasteiger charge is 2.28. The zero-order valence-corrected chi connectivity index (χ0v) is 5.81. The van der Waals surface area contributed by atoms with Crippen molar-refractivity contribution in [2.45, 2.75) is 12.0 Å². The molecule has 0 aromatic carbocycles. The molecular formula is C6H14N2O. The van der Waals surface area contributed by atoms with Crippen LogP contribution in [0.1, 0.15) is 6.42 Å². The fourth-order valence-electron chi connectivity index (χ4n) is 1.17. The van der Waals surface area contributed by atoms with Crippen LogP contribution in [0, 0.1) is 0 Å². The Bertz CT molecular complexity index is 89.1. The lowest BCUT2D eigenvalue weighted by molar-refractivity contribution is 0.141. The average molecular weight is 130 g/mol. The van der Waals surface area contributed by atoms with E-state index in [4.69, 9.17) is 10.5 Å². The fourth-order valence-corrected chi connectivity index (χ4v) is 1.17. The molecule has 9 heavy (non-hydrogen) atoms. The fraction of sp³-hybridized carbons (Fsp3) is 1.00. The lowest BCUT2D eigenvalue weighted by Gasteiger charge is -2.20. The molecule has 1 heterocycles. The zero-order valence-electron chi connectivity index (χ0n) is 5.81. The number of ether oxygens (including phenoxy) is 1. The quantitative estimate of drug-likeness (QED) is 0.521. The molecule has 1 unspecified atom stereocenters. The van der Waals surface area contributed by atoms with Crippen LogP contribution < -0.4 is 11.1 Å². The van der Waals surface area contributed by atoms with Gasteiger partial charge in [-0.2, -0.15) is 0 Å². The molecule has 0 amide bonds. The van der Waals surface area contributed by atoms with Crippen molar-refractivity contribution in [1.82, 2.24) is 5.32 Å². The van der Waals surface area contributed by atoms with Gasteiger partial charge in [-0.25, -0.2) is 0 Å². The van der Waals surface area contributed by atoms with Crippen LogP contribution in [0.15, 0.2) is 0 Å². The predicted octanol–water partition coefficient (Wildman–Crippen LogP) is -0.676. The number of rotatable bonds is 2. The van der Waals surface area contributed by atoms with Crippen molar-refractivity contribution in [1.29, 1.82) is 0 Å². The van der Waals surface area contributed by atoms with Gasteiger partial charge in [0.1, 0.15) is 0 Å². The molecule has 1 saturated heterocycles. The molecule has 0 aliphatic carbocycles. The maximum Gasteiger partial charge on any atom is 0.0655 e. The van der Waals surface area contributed by atoms with Gasteiger partial charge in [0.05, 0.1) is 12.1 Å². The van der Waals surface area contributed by atoms with Crippen LogP contribution in [0.25, 0.3) is 0 Å². The highest BCUT2D eigenvalue weighted by Crippen LogP contribution is 2.09. The Labute approximate surface area is 55.6 Å². The molecule has 0 radical (unpaired) electrons. The number of hydrogen-bond acceptors (Lipinski definition) is 3. The van der Waals surface area contributed by atoms with Crippen molar-refractivity contribution >= 4 is 0 Å². The average Bonchev–Trinajstić information content (AvgIpc) is 2.16. The van der Waals surface area contributed by atoms with Crippen molar-refractivity contribution in [2.24, 2.45) is 5.73 Å². The van der Waals surface area contributed by atoms with E-state index in [-0.39, 0.29) is 5.54 Å². The summed E-state index contributed by atoms with van der Waals surface area (Å²) >= 11 is 0. The lowest BCUT2D eigenvalue weighted by atomic mass is 10.0. The molecule has 1 aliphatic rings. The summed E-state index contributed by atoms with van der Waals surface area (Å²) in [6.45, 7) is 2.58. The molecule has 1 aliphatic heterocycles. The molecule has 0 aromatic rings. The second-order valence-corrected chi connectivity index (χ2v) is 2.72. The van der Waals surface area contributed by atoms with Gasteiger partial charge in [0.2, 0.25) is 0 Å². The highest BCUT2D eigenvalue weighted by atomic mass is 16.5. The zero-order chi connectivity index (χ0) is 6.74. The molecule has 54 valence electrons. The van der Waals surface area contributed by atoms with E-state index >= 15 is 0 Å². The van der Waals surface area contributed by atoms with Gasteiger partial charge in [-0.1, -0.05) is 0 Å². The SMILES string of the molecule is COCC1(N)CCNC1. The lowest BCUT2D eigenvalue weighted by Crippen LogP contribution is -2.46. The first-order valence-electron chi connectivity index (χ1n) is 3.25. The Morgan fingerprint density at radius 3 is 3.00 bits per heavy atom. The van der Waals surface area contributed by atoms with Crippen molar-refractivity contribution < 1.29 is 4.74 Å². The van der Waals surface area contributed by atoms with E-state index in [0.29, 0.717) is 6.61 Å². The summed E-state index contributed by atoms with van der Waals surface area (Å²) in [5.41, 5.74) is 5.79. The predicted molar refractivity (Wildman–Crippen MR) is 36.3 cm³/mol. The third-order valence-corrected chi connectivity index (χ3v) is 1.71. The van der Waals surface area contributed by atoms with Gasteiger partial charge in [0.25, 0.3) is 0 Å². The first-order chi connectivity index (χ1) is 4.27. The molecule has 3 heteroatoms. The van der Waals surface area contributed by atoms with E-state index < -0.39 is 0 Å². The number of methoxy groups -OCH3 is 1. The normalized spacial score (nSPS) is 35.3. The monoisotopic (exact) mass is 130 g/mol. The molecule has 3 nitrogen and oxygen atoms in total. The Kier molecular flexibility index (Phi) is 2.05. The van der Waals surface area contributed by atoms with Gasteiger partial charge in [0.15, 0.2) is 0 Å². The maximum atomic E-state index is 5.88. The molecule has 1 rings (SSSR count). The van der Waals surface area contributed by atoms with Crippen LogP contribution in [0.2, 0.25) is 0 Å². The van der Waals surface area contributed by atoms with Crippen LogP contribution in [-0.4, -0.2) is 32.3 Å². The van der Waals surface area contributed by atoms with E-state index in [1.165, 1.54) is 0 Å². The van der Waals surface area contributed by atoms with E-state index in [9.17, 15) is 0 Å². The van der Waals surface area contributed by atoms with Crippen molar-refractivity contribution in [3.8, 4) is 0 Å². The Morgan fingerprint density at radius 1 is 1.78 bits per heavy atom. The van der Waals surface area contributed by atoms with Gasteiger partial charge >= 0.3 is 0 Å². The Hall–Kier alpha value is -0.120. The summed E-state index contributed by atoms with van der Waals surface area (Å²) in [5.74, 6) is 0. The third-order valence-electron chi connectivity index (χ3n) is 1.71. The largest absolute Gasteiger partial charge is 0.383 e. The van der Waals surface area contributed by atoms with Crippen LogP contribution in [0.5, 0.6) is 0 Å². The van der Waals surface area contributed by atoms with Crippen molar-refractivity contribution in [3.63, 3.8) is 0 Å². The Morgan fingerprint density at radius 2 is 2.56 bits per heavy atom. The summed E-state index contributed by atoms with van der Waals surface area (Å²) in [6.07, 6.45) is 1.03. The Balaban J connectivity index is 2.32. The molecule has 0 saturated carbocycles. The molecule has 0 bridgehead atoms. The van der Waals surface area contributed by atoms with Gasteiger partial charge in [0, 0.05) is 13.7 Å². The number of nitrogens with two attached hydrogens (primary N) is 1. The van der Waals surface area contributed by atoms with Crippen LogP contribution in [0.4, 0.5) is 0 Å². The molecule has 3 N–H and O–H groups in total. The summed E-state index contributed by atoms with van der Waals surface area (Å²) < 4.78 is 4.96. The minimum Gasteiger partial charge on any atom is -0.383 e. The third kappa shape index (κ3) is 1.64. The van der Waals surface area contributed by atoms with Gasteiger partial charge in [-0.15, -0.1) is 0 Å². The minimum absolute atomic E-state index is 0.0885. The van der Waals surface area contributed by atoms with E-state index in [1.807, 2.05) is 0 Å². The summed E-state index contributed by atoms with van der Waals surface area (Å²) in [6, 6.07) is 0. The van der Waals surface area contributed by atoms with Gasteiger partial charge in [-0.3, -0.25) is 0 Å². The molecular weight excluding hydrogens is 116 g/mol.